The first kappa shape index (κ1) is 12.5. The van der Waals surface area contributed by atoms with Crippen molar-refractivity contribution in [3.05, 3.63) is 27.3 Å². The number of rotatable bonds is 4. The molecule has 0 aliphatic rings. The highest BCUT2D eigenvalue weighted by Crippen LogP contribution is 2.23. The van der Waals surface area contributed by atoms with Gasteiger partial charge in [0.05, 0.1) is 15.7 Å². The van der Waals surface area contributed by atoms with Crippen molar-refractivity contribution >= 4 is 38.8 Å². The largest absolute Gasteiger partial charge is 0.507 e. The third-order valence-electron chi connectivity index (χ3n) is 1.75. The number of halogens is 1. The number of carbonyl (C=O) groups is 1. The van der Waals surface area contributed by atoms with Crippen LogP contribution in [0.4, 0.5) is 0 Å². The first-order chi connectivity index (χ1) is 7.16. The highest BCUT2D eigenvalue weighted by molar-refractivity contribution is 14.1. The van der Waals surface area contributed by atoms with Gasteiger partial charge in [-0.1, -0.05) is 12.1 Å². The van der Waals surface area contributed by atoms with E-state index in [4.69, 9.17) is 4.74 Å². The highest BCUT2D eigenvalue weighted by Gasteiger charge is 2.13. The summed E-state index contributed by atoms with van der Waals surface area (Å²) in [5, 5.41) is 9.40. The lowest BCUT2D eigenvalue weighted by molar-refractivity contribution is 0.0503. The van der Waals surface area contributed by atoms with Gasteiger partial charge in [-0.25, -0.2) is 4.79 Å². The Morgan fingerprint density at radius 1 is 1.53 bits per heavy atom. The van der Waals surface area contributed by atoms with E-state index in [1.54, 1.807) is 12.1 Å². The fraction of sp³-hybridized carbons (Fsp3) is 0.300. The van der Waals surface area contributed by atoms with Crippen LogP contribution in [0.2, 0.25) is 6.04 Å². The predicted molar refractivity (Wildman–Crippen MR) is 66.3 cm³/mol. The summed E-state index contributed by atoms with van der Waals surface area (Å²) in [7, 11) is 3.29. The lowest BCUT2D eigenvalue weighted by Gasteiger charge is -2.06. The zero-order chi connectivity index (χ0) is 11.3. The number of hydrogen-bond donors (Lipinski definition) is 1. The SMILES string of the molecule is O=C(OCCC[Si])c1cccc(O)c1I. The zero-order valence-electron chi connectivity index (χ0n) is 8.00. The Hall–Kier alpha value is -0.563. The van der Waals surface area contributed by atoms with E-state index in [0.29, 0.717) is 15.7 Å². The van der Waals surface area contributed by atoms with Gasteiger partial charge in [-0.3, -0.25) is 0 Å². The highest BCUT2D eigenvalue weighted by atomic mass is 127. The van der Waals surface area contributed by atoms with Gasteiger partial charge in [0.25, 0.3) is 0 Å². The summed E-state index contributed by atoms with van der Waals surface area (Å²) >= 11 is 1.92. The van der Waals surface area contributed by atoms with E-state index in [1.807, 2.05) is 22.6 Å². The van der Waals surface area contributed by atoms with Gasteiger partial charge in [0.15, 0.2) is 0 Å². The van der Waals surface area contributed by atoms with Crippen LogP contribution >= 0.6 is 22.6 Å². The first-order valence-electron chi connectivity index (χ1n) is 4.46. The van der Waals surface area contributed by atoms with Crippen molar-refractivity contribution in [2.45, 2.75) is 12.5 Å². The number of hydrogen-bond acceptors (Lipinski definition) is 3. The molecule has 5 heteroatoms. The topological polar surface area (TPSA) is 46.5 Å². The maximum absolute atomic E-state index is 11.5. The van der Waals surface area contributed by atoms with Crippen molar-refractivity contribution in [3.63, 3.8) is 0 Å². The summed E-state index contributed by atoms with van der Waals surface area (Å²) in [5.74, 6) is -0.291. The van der Waals surface area contributed by atoms with Crippen molar-refractivity contribution in [1.29, 1.82) is 0 Å². The number of phenols is 1. The van der Waals surface area contributed by atoms with Crippen LogP contribution in [-0.2, 0) is 4.74 Å². The normalized spacial score (nSPS) is 10.0. The molecule has 0 amide bonds. The Balaban J connectivity index is 2.69. The average molecular weight is 333 g/mol. The van der Waals surface area contributed by atoms with Gasteiger partial charge < -0.3 is 9.84 Å². The van der Waals surface area contributed by atoms with E-state index in [-0.39, 0.29) is 5.75 Å². The molecule has 0 atom stereocenters. The third kappa shape index (κ3) is 3.49. The number of benzene rings is 1. The minimum atomic E-state index is -0.393. The van der Waals surface area contributed by atoms with E-state index in [9.17, 15) is 9.90 Å². The fourth-order valence-corrected chi connectivity index (χ4v) is 1.72. The molecule has 0 aliphatic carbocycles. The van der Waals surface area contributed by atoms with E-state index >= 15 is 0 Å². The Kier molecular flexibility index (Phi) is 5.10. The van der Waals surface area contributed by atoms with Crippen molar-refractivity contribution in [2.24, 2.45) is 0 Å². The Morgan fingerprint density at radius 2 is 2.27 bits per heavy atom. The van der Waals surface area contributed by atoms with Crippen LogP contribution in [0.15, 0.2) is 18.2 Å². The van der Waals surface area contributed by atoms with Crippen molar-refractivity contribution < 1.29 is 14.6 Å². The lowest BCUT2D eigenvalue weighted by Crippen LogP contribution is -2.08. The van der Waals surface area contributed by atoms with Crippen LogP contribution in [0.25, 0.3) is 0 Å². The van der Waals surface area contributed by atoms with Crippen LogP contribution in [0.1, 0.15) is 16.8 Å². The van der Waals surface area contributed by atoms with Crippen LogP contribution in [0.5, 0.6) is 5.75 Å². The second-order valence-corrected chi connectivity index (χ2v) is 4.46. The first-order valence-corrected chi connectivity index (χ1v) is 6.24. The smallest absolute Gasteiger partial charge is 0.339 e. The average Bonchev–Trinajstić information content (AvgIpc) is 2.22. The van der Waals surface area contributed by atoms with Crippen molar-refractivity contribution in [2.75, 3.05) is 6.61 Å². The van der Waals surface area contributed by atoms with Gasteiger partial charge in [-0.2, -0.15) is 0 Å². The van der Waals surface area contributed by atoms with Gasteiger partial charge in [-0.15, -0.1) is 0 Å². The predicted octanol–water partition coefficient (Wildman–Crippen LogP) is 2.13. The van der Waals surface area contributed by atoms with E-state index in [0.717, 1.165) is 12.5 Å². The molecule has 0 fully saturated rings. The molecule has 0 saturated heterocycles. The quantitative estimate of drug-likeness (QED) is 0.397. The van der Waals surface area contributed by atoms with Gasteiger partial charge in [0.2, 0.25) is 0 Å². The van der Waals surface area contributed by atoms with Crippen LogP contribution < -0.4 is 0 Å². The summed E-state index contributed by atoms with van der Waals surface area (Å²) in [5.41, 5.74) is 0.407. The summed E-state index contributed by atoms with van der Waals surface area (Å²) in [4.78, 5) is 11.5. The maximum Gasteiger partial charge on any atom is 0.339 e. The molecule has 0 spiro atoms. The monoisotopic (exact) mass is 333 g/mol. The van der Waals surface area contributed by atoms with E-state index < -0.39 is 5.97 Å². The molecule has 3 nitrogen and oxygen atoms in total. The van der Waals surface area contributed by atoms with Gasteiger partial charge in [0.1, 0.15) is 5.75 Å². The molecular weight excluding hydrogens is 323 g/mol. The minimum Gasteiger partial charge on any atom is -0.507 e. The summed E-state index contributed by atoms with van der Waals surface area (Å²) in [6.45, 7) is 0.383. The van der Waals surface area contributed by atoms with Crippen LogP contribution in [-0.4, -0.2) is 27.9 Å². The Bertz CT molecular complexity index is 355. The molecule has 0 bridgehead atoms. The molecule has 3 radical (unpaired) electrons. The fourth-order valence-electron chi connectivity index (χ4n) is 0.992. The molecular formula is C10H10IO3Si. The Morgan fingerprint density at radius 3 is 2.93 bits per heavy atom. The molecule has 0 saturated carbocycles. The van der Waals surface area contributed by atoms with Crippen LogP contribution in [0.3, 0.4) is 0 Å². The van der Waals surface area contributed by atoms with E-state index in [1.165, 1.54) is 6.07 Å². The standard InChI is InChI=1S/C10H10IO3Si/c11-9-7(3-1-4-8(9)12)10(13)14-5-2-6-15/h1,3-4,12H,2,5-6H2. The lowest BCUT2D eigenvalue weighted by atomic mass is 10.2. The molecule has 0 heterocycles. The van der Waals surface area contributed by atoms with Crippen LogP contribution in [0, 0.1) is 3.57 Å². The summed E-state index contributed by atoms with van der Waals surface area (Å²) < 4.78 is 5.54. The third-order valence-corrected chi connectivity index (χ3v) is 3.24. The summed E-state index contributed by atoms with van der Waals surface area (Å²) in [6.07, 6.45) is 0.776. The molecule has 1 N–H and O–H groups in total. The van der Waals surface area contributed by atoms with Crippen molar-refractivity contribution in [3.8, 4) is 5.75 Å². The summed E-state index contributed by atoms with van der Waals surface area (Å²) in [6, 6.07) is 5.59. The molecule has 79 valence electrons. The molecule has 1 aromatic rings. The van der Waals surface area contributed by atoms with E-state index in [2.05, 4.69) is 10.2 Å². The molecule has 0 aromatic heterocycles. The second-order valence-electron chi connectivity index (χ2n) is 2.88. The maximum atomic E-state index is 11.5. The molecule has 0 aliphatic heterocycles. The Labute approximate surface area is 105 Å². The van der Waals surface area contributed by atoms with Gasteiger partial charge in [-0.05, 0) is 41.1 Å². The zero-order valence-corrected chi connectivity index (χ0v) is 11.2. The second kappa shape index (κ2) is 6.11. The van der Waals surface area contributed by atoms with Gasteiger partial charge >= 0.3 is 5.97 Å². The number of carbonyl (C=O) groups excluding carboxylic acids is 1. The molecule has 15 heavy (non-hydrogen) atoms. The molecule has 1 aromatic carbocycles. The molecule has 1 rings (SSSR count). The van der Waals surface area contributed by atoms with Crippen molar-refractivity contribution in [1.82, 2.24) is 0 Å². The number of esters is 1. The number of ether oxygens (including phenoxy) is 1. The minimum absolute atomic E-state index is 0.102. The van der Waals surface area contributed by atoms with Gasteiger partial charge in [0, 0.05) is 10.2 Å². The number of aromatic hydroxyl groups is 1. The number of phenolic OH excluding ortho intramolecular Hbond substituents is 1. The molecule has 0 unspecified atom stereocenters.